The van der Waals surface area contributed by atoms with E-state index in [2.05, 4.69) is 0 Å². The van der Waals surface area contributed by atoms with E-state index in [1.165, 1.54) is 12.1 Å². The minimum absolute atomic E-state index is 0.00471. The first-order valence-corrected chi connectivity index (χ1v) is 4.64. The molecule has 0 aliphatic heterocycles. The first kappa shape index (κ1) is 11.4. The summed E-state index contributed by atoms with van der Waals surface area (Å²) in [6.07, 6.45) is 0. The monoisotopic (exact) mass is 242 g/mol. The van der Waals surface area contributed by atoms with E-state index in [9.17, 15) is 17.6 Å². The van der Waals surface area contributed by atoms with Gasteiger partial charge in [-0.15, -0.1) is 0 Å². The van der Waals surface area contributed by atoms with Gasteiger partial charge in [-0.1, -0.05) is 0 Å². The first-order valence-electron chi connectivity index (χ1n) is 4.64. The van der Waals surface area contributed by atoms with E-state index in [-0.39, 0.29) is 11.5 Å². The molecule has 0 aromatic heterocycles. The van der Waals surface area contributed by atoms with E-state index in [0.717, 1.165) is 24.3 Å². The highest BCUT2D eigenvalue weighted by molar-refractivity contribution is 5.32. The predicted molar refractivity (Wildman–Crippen MR) is 52.8 cm³/mol. The van der Waals surface area contributed by atoms with Crippen molar-refractivity contribution in [3.63, 3.8) is 0 Å². The molecule has 0 aliphatic rings. The average Bonchev–Trinajstić information content (AvgIpc) is 2.29. The van der Waals surface area contributed by atoms with Crippen molar-refractivity contribution in [3.8, 4) is 11.5 Å². The van der Waals surface area contributed by atoms with E-state index in [1.54, 1.807) is 0 Å². The van der Waals surface area contributed by atoms with Crippen molar-refractivity contribution < 1.29 is 22.3 Å². The van der Waals surface area contributed by atoms with Gasteiger partial charge in [0.2, 0.25) is 0 Å². The lowest BCUT2D eigenvalue weighted by molar-refractivity contribution is 0.449. The highest BCUT2D eigenvalue weighted by Gasteiger charge is 2.06. The second kappa shape index (κ2) is 4.45. The Hall–Kier alpha value is -2.04. The molecule has 0 spiro atoms. The van der Waals surface area contributed by atoms with Crippen LogP contribution in [0.2, 0.25) is 0 Å². The van der Waals surface area contributed by atoms with E-state index in [1.807, 2.05) is 0 Å². The van der Waals surface area contributed by atoms with Gasteiger partial charge >= 0.3 is 0 Å². The summed E-state index contributed by atoms with van der Waals surface area (Å²) >= 11 is 0. The summed E-state index contributed by atoms with van der Waals surface area (Å²) in [7, 11) is 0. The molecule has 2 rings (SSSR count). The van der Waals surface area contributed by atoms with Crippen LogP contribution < -0.4 is 4.74 Å². The lowest BCUT2D eigenvalue weighted by atomic mass is 10.3. The van der Waals surface area contributed by atoms with Crippen LogP contribution in [0, 0.1) is 23.3 Å². The molecule has 0 radical (unpaired) electrons. The predicted octanol–water partition coefficient (Wildman–Crippen LogP) is 4.04. The second-order valence-corrected chi connectivity index (χ2v) is 3.25. The zero-order valence-corrected chi connectivity index (χ0v) is 8.38. The van der Waals surface area contributed by atoms with Gasteiger partial charge in [-0.2, -0.15) is 0 Å². The molecule has 0 saturated heterocycles. The van der Waals surface area contributed by atoms with Crippen LogP contribution in [0.4, 0.5) is 17.6 Å². The minimum atomic E-state index is -1.08. The summed E-state index contributed by atoms with van der Waals surface area (Å²) < 4.78 is 55.9. The normalized spacial score (nSPS) is 10.4. The fourth-order valence-corrected chi connectivity index (χ4v) is 1.22. The number of hydrogen-bond donors (Lipinski definition) is 0. The third-order valence-electron chi connectivity index (χ3n) is 2.02. The molecule has 1 nitrogen and oxygen atoms in total. The molecule has 0 bridgehead atoms. The van der Waals surface area contributed by atoms with Crippen molar-refractivity contribution in [2.75, 3.05) is 0 Å². The van der Waals surface area contributed by atoms with Gasteiger partial charge < -0.3 is 4.74 Å². The Balaban J connectivity index is 2.25. The van der Waals surface area contributed by atoms with Crippen molar-refractivity contribution >= 4 is 0 Å². The summed E-state index contributed by atoms with van der Waals surface area (Å²) in [4.78, 5) is 0. The molecule has 0 unspecified atom stereocenters. The maximum Gasteiger partial charge on any atom is 0.162 e. The molecular weight excluding hydrogens is 236 g/mol. The van der Waals surface area contributed by atoms with Gasteiger partial charge in [0.15, 0.2) is 23.3 Å². The van der Waals surface area contributed by atoms with E-state index in [4.69, 9.17) is 4.74 Å². The highest BCUT2D eigenvalue weighted by Crippen LogP contribution is 2.24. The first-order chi connectivity index (χ1) is 8.06. The summed E-state index contributed by atoms with van der Waals surface area (Å²) in [5, 5.41) is 0. The molecule has 0 amide bonds. The number of hydrogen-bond acceptors (Lipinski definition) is 1. The molecule has 2 aromatic rings. The Morgan fingerprint density at radius 2 is 1.00 bits per heavy atom. The number of halogens is 4. The molecular formula is C12H6F4O. The largest absolute Gasteiger partial charge is 0.457 e. The lowest BCUT2D eigenvalue weighted by Gasteiger charge is -2.06. The Morgan fingerprint density at radius 1 is 0.588 bits per heavy atom. The van der Waals surface area contributed by atoms with Crippen LogP contribution in [0.25, 0.3) is 0 Å². The van der Waals surface area contributed by atoms with Crippen LogP contribution in [0.5, 0.6) is 11.5 Å². The second-order valence-electron chi connectivity index (χ2n) is 3.25. The minimum Gasteiger partial charge on any atom is -0.457 e. The van der Waals surface area contributed by atoms with Crippen molar-refractivity contribution in [1.82, 2.24) is 0 Å². The fourth-order valence-electron chi connectivity index (χ4n) is 1.22. The lowest BCUT2D eigenvalue weighted by Crippen LogP contribution is -1.90. The standard InChI is InChI=1S/C12H6F4O/c13-9-3-1-7(5-11(9)15)17-8-2-4-10(14)12(16)6-8/h1-6H. The quantitative estimate of drug-likeness (QED) is 0.722. The van der Waals surface area contributed by atoms with Crippen LogP contribution in [0.1, 0.15) is 0 Å². The smallest absolute Gasteiger partial charge is 0.162 e. The third-order valence-corrected chi connectivity index (χ3v) is 2.02. The molecule has 5 heteroatoms. The molecule has 0 heterocycles. The molecule has 88 valence electrons. The molecule has 17 heavy (non-hydrogen) atoms. The zero-order chi connectivity index (χ0) is 12.4. The number of ether oxygens (including phenoxy) is 1. The summed E-state index contributed by atoms with van der Waals surface area (Å²) in [6, 6.07) is 5.75. The van der Waals surface area contributed by atoms with E-state index in [0.29, 0.717) is 0 Å². The molecule has 0 saturated carbocycles. The molecule has 0 fully saturated rings. The maximum atomic E-state index is 12.8. The Labute approximate surface area is 94.3 Å². The highest BCUT2D eigenvalue weighted by atomic mass is 19.2. The van der Waals surface area contributed by atoms with Crippen LogP contribution in [-0.2, 0) is 0 Å². The topological polar surface area (TPSA) is 9.23 Å². The number of benzene rings is 2. The molecule has 0 N–H and O–H groups in total. The summed E-state index contributed by atoms with van der Waals surface area (Å²) in [5.74, 6) is -4.19. The van der Waals surface area contributed by atoms with Gasteiger partial charge in [-0.05, 0) is 24.3 Å². The van der Waals surface area contributed by atoms with Crippen molar-refractivity contribution in [2.45, 2.75) is 0 Å². The van der Waals surface area contributed by atoms with Crippen LogP contribution >= 0.6 is 0 Å². The Morgan fingerprint density at radius 3 is 1.35 bits per heavy atom. The molecule has 2 aromatic carbocycles. The van der Waals surface area contributed by atoms with Gasteiger partial charge in [-0.3, -0.25) is 0 Å². The van der Waals surface area contributed by atoms with Crippen molar-refractivity contribution in [2.24, 2.45) is 0 Å². The summed E-state index contributed by atoms with van der Waals surface area (Å²) in [5.41, 5.74) is 0. The third kappa shape index (κ3) is 2.55. The number of rotatable bonds is 2. The molecule has 0 atom stereocenters. The van der Waals surface area contributed by atoms with Crippen LogP contribution in [-0.4, -0.2) is 0 Å². The van der Waals surface area contributed by atoms with Crippen LogP contribution in [0.15, 0.2) is 36.4 Å². The van der Waals surface area contributed by atoms with E-state index >= 15 is 0 Å². The van der Waals surface area contributed by atoms with Gasteiger partial charge in [0.1, 0.15) is 11.5 Å². The van der Waals surface area contributed by atoms with Gasteiger partial charge in [-0.25, -0.2) is 17.6 Å². The van der Waals surface area contributed by atoms with Gasteiger partial charge in [0, 0.05) is 12.1 Å². The van der Waals surface area contributed by atoms with Gasteiger partial charge in [0.25, 0.3) is 0 Å². The maximum absolute atomic E-state index is 12.8. The van der Waals surface area contributed by atoms with Crippen molar-refractivity contribution in [3.05, 3.63) is 59.7 Å². The van der Waals surface area contributed by atoms with Gasteiger partial charge in [0.05, 0.1) is 0 Å². The van der Waals surface area contributed by atoms with Crippen LogP contribution in [0.3, 0.4) is 0 Å². The SMILES string of the molecule is Fc1ccc(Oc2ccc(F)c(F)c2)cc1F. The zero-order valence-electron chi connectivity index (χ0n) is 8.38. The molecule has 0 aliphatic carbocycles. The Kier molecular flexibility index (Phi) is 2.99. The summed E-state index contributed by atoms with van der Waals surface area (Å²) in [6.45, 7) is 0. The van der Waals surface area contributed by atoms with E-state index < -0.39 is 23.3 Å². The van der Waals surface area contributed by atoms with Crippen molar-refractivity contribution in [1.29, 1.82) is 0 Å². The fraction of sp³-hybridized carbons (Fsp3) is 0. The average molecular weight is 242 g/mol. The Bertz CT molecular complexity index is 505.